The fraction of sp³-hybridized carbons (Fsp3) is 0.136. The Morgan fingerprint density at radius 1 is 0.808 bits per heavy atom. The summed E-state index contributed by atoms with van der Waals surface area (Å²) in [5.74, 6) is 0. The van der Waals surface area contributed by atoms with Crippen molar-refractivity contribution in [3.05, 3.63) is 96.6 Å². The standard InChI is InChI=1S/C22H21N3S/c26-22(23-19-12-6-2-7-13-19)24-17-16-21(18-10-4-1-5-11-18)25(24)20-14-8-3-9-15-20/h1-15,21H,16-17H2,(H,23,26). The summed E-state index contributed by atoms with van der Waals surface area (Å²) in [7, 11) is 0. The van der Waals surface area contributed by atoms with Gasteiger partial charge in [0.1, 0.15) is 0 Å². The molecule has 1 aliphatic rings. The van der Waals surface area contributed by atoms with Crippen LogP contribution in [0, 0.1) is 0 Å². The second-order valence-corrected chi connectivity index (χ2v) is 6.70. The van der Waals surface area contributed by atoms with E-state index >= 15 is 0 Å². The van der Waals surface area contributed by atoms with Gasteiger partial charge in [0.2, 0.25) is 0 Å². The van der Waals surface area contributed by atoms with Crippen LogP contribution < -0.4 is 10.3 Å². The number of anilines is 2. The van der Waals surface area contributed by atoms with Gasteiger partial charge in [0.25, 0.3) is 0 Å². The maximum absolute atomic E-state index is 5.75. The van der Waals surface area contributed by atoms with Crippen molar-refractivity contribution < 1.29 is 0 Å². The SMILES string of the molecule is S=C(Nc1ccccc1)N1CCC(c2ccccc2)N1c1ccccc1. The van der Waals surface area contributed by atoms with Gasteiger partial charge in [-0.05, 0) is 48.5 Å². The summed E-state index contributed by atoms with van der Waals surface area (Å²) in [6.45, 7) is 0.882. The van der Waals surface area contributed by atoms with Gasteiger partial charge in [-0.1, -0.05) is 66.7 Å². The van der Waals surface area contributed by atoms with E-state index in [1.165, 1.54) is 5.56 Å². The summed E-state index contributed by atoms with van der Waals surface area (Å²) in [5.41, 5.74) is 3.46. The Kier molecular flexibility index (Phi) is 4.84. The molecule has 3 nitrogen and oxygen atoms in total. The van der Waals surface area contributed by atoms with Crippen molar-refractivity contribution in [3.8, 4) is 0 Å². The molecule has 4 heteroatoms. The fourth-order valence-corrected chi connectivity index (χ4v) is 3.73. The number of nitrogens with one attached hydrogen (secondary N) is 1. The molecular formula is C22H21N3S. The molecule has 1 unspecified atom stereocenters. The second kappa shape index (κ2) is 7.58. The highest BCUT2D eigenvalue weighted by atomic mass is 32.1. The molecule has 0 aromatic heterocycles. The molecule has 0 radical (unpaired) electrons. The van der Waals surface area contributed by atoms with Crippen molar-refractivity contribution in [1.29, 1.82) is 0 Å². The minimum atomic E-state index is 0.272. The molecule has 4 rings (SSSR count). The smallest absolute Gasteiger partial charge is 0.192 e. The van der Waals surface area contributed by atoms with Gasteiger partial charge in [-0.2, -0.15) is 0 Å². The van der Waals surface area contributed by atoms with E-state index in [2.05, 4.69) is 69.9 Å². The summed E-state index contributed by atoms with van der Waals surface area (Å²) in [6.07, 6.45) is 1.02. The number of hydrogen-bond donors (Lipinski definition) is 1. The highest BCUT2D eigenvalue weighted by molar-refractivity contribution is 7.80. The average molecular weight is 359 g/mol. The first-order valence-electron chi connectivity index (χ1n) is 8.85. The molecule has 1 N–H and O–H groups in total. The Hall–Kier alpha value is -2.85. The van der Waals surface area contributed by atoms with Crippen LogP contribution in [0.2, 0.25) is 0 Å². The van der Waals surface area contributed by atoms with Crippen LogP contribution in [0.1, 0.15) is 18.0 Å². The quantitative estimate of drug-likeness (QED) is 0.643. The summed E-state index contributed by atoms with van der Waals surface area (Å²) in [6, 6.07) is 31.5. The Bertz CT molecular complexity index is 852. The van der Waals surface area contributed by atoms with Crippen LogP contribution >= 0.6 is 12.2 Å². The first-order chi connectivity index (χ1) is 12.8. The molecule has 1 heterocycles. The summed E-state index contributed by atoms with van der Waals surface area (Å²) >= 11 is 5.75. The van der Waals surface area contributed by atoms with Gasteiger partial charge in [-0.3, -0.25) is 10.0 Å². The van der Waals surface area contributed by atoms with E-state index in [9.17, 15) is 0 Å². The van der Waals surface area contributed by atoms with Crippen molar-refractivity contribution in [2.24, 2.45) is 0 Å². The van der Waals surface area contributed by atoms with Gasteiger partial charge in [0, 0.05) is 12.2 Å². The second-order valence-electron chi connectivity index (χ2n) is 6.31. The van der Waals surface area contributed by atoms with E-state index < -0.39 is 0 Å². The fourth-order valence-electron chi connectivity index (χ4n) is 3.43. The molecular weight excluding hydrogens is 338 g/mol. The van der Waals surface area contributed by atoms with Crippen molar-refractivity contribution in [2.45, 2.75) is 12.5 Å². The van der Waals surface area contributed by atoms with Crippen molar-refractivity contribution >= 4 is 28.7 Å². The van der Waals surface area contributed by atoms with Crippen molar-refractivity contribution in [2.75, 3.05) is 16.9 Å². The number of hydrazine groups is 1. The maximum Gasteiger partial charge on any atom is 0.192 e. The van der Waals surface area contributed by atoms with Gasteiger partial charge in [0.05, 0.1) is 11.7 Å². The van der Waals surface area contributed by atoms with E-state index in [1.807, 2.05) is 36.4 Å². The van der Waals surface area contributed by atoms with E-state index in [0.29, 0.717) is 0 Å². The van der Waals surface area contributed by atoms with Gasteiger partial charge in [-0.25, -0.2) is 0 Å². The molecule has 3 aromatic carbocycles. The highest BCUT2D eigenvalue weighted by Gasteiger charge is 2.34. The Balaban J connectivity index is 1.64. The largest absolute Gasteiger partial charge is 0.331 e. The highest BCUT2D eigenvalue weighted by Crippen LogP contribution is 2.36. The number of rotatable bonds is 3. The molecule has 0 aliphatic carbocycles. The van der Waals surface area contributed by atoms with E-state index in [-0.39, 0.29) is 6.04 Å². The maximum atomic E-state index is 5.75. The summed E-state index contributed by atoms with van der Waals surface area (Å²) in [5, 5.41) is 8.58. The van der Waals surface area contributed by atoms with Crippen molar-refractivity contribution in [3.63, 3.8) is 0 Å². The zero-order chi connectivity index (χ0) is 17.8. The van der Waals surface area contributed by atoms with Gasteiger partial charge in [-0.15, -0.1) is 0 Å². The molecule has 1 saturated heterocycles. The predicted molar refractivity (Wildman–Crippen MR) is 112 cm³/mol. The summed E-state index contributed by atoms with van der Waals surface area (Å²) < 4.78 is 0. The first kappa shape index (κ1) is 16.6. The van der Waals surface area contributed by atoms with Crippen LogP contribution in [0.4, 0.5) is 11.4 Å². The lowest BCUT2D eigenvalue weighted by atomic mass is 10.0. The lowest BCUT2D eigenvalue weighted by molar-refractivity contribution is 0.464. The molecule has 0 spiro atoms. The van der Waals surface area contributed by atoms with Crippen LogP contribution in [-0.2, 0) is 0 Å². The molecule has 26 heavy (non-hydrogen) atoms. The van der Waals surface area contributed by atoms with Crippen molar-refractivity contribution in [1.82, 2.24) is 5.01 Å². The molecule has 0 bridgehead atoms. The number of thiocarbonyl (C=S) groups is 1. The zero-order valence-corrected chi connectivity index (χ0v) is 15.3. The molecule has 1 aliphatic heterocycles. The minimum absolute atomic E-state index is 0.272. The minimum Gasteiger partial charge on any atom is -0.331 e. The summed E-state index contributed by atoms with van der Waals surface area (Å²) in [4.78, 5) is 0. The van der Waals surface area contributed by atoms with E-state index in [4.69, 9.17) is 12.2 Å². The third-order valence-corrected chi connectivity index (χ3v) is 4.95. The van der Waals surface area contributed by atoms with Crippen LogP contribution in [0.15, 0.2) is 91.0 Å². The monoisotopic (exact) mass is 359 g/mol. The number of nitrogens with zero attached hydrogens (tertiary/aromatic N) is 2. The number of hydrogen-bond acceptors (Lipinski definition) is 2. The normalized spacial score (nSPS) is 16.5. The third kappa shape index (κ3) is 3.41. The Morgan fingerprint density at radius 2 is 1.38 bits per heavy atom. The topological polar surface area (TPSA) is 18.5 Å². The van der Waals surface area contributed by atoms with Gasteiger partial charge >= 0.3 is 0 Å². The molecule has 0 amide bonds. The van der Waals surface area contributed by atoms with E-state index in [1.54, 1.807) is 0 Å². The lowest BCUT2D eigenvalue weighted by Crippen LogP contribution is -2.44. The number of benzene rings is 3. The van der Waals surface area contributed by atoms with Crippen LogP contribution in [0.5, 0.6) is 0 Å². The molecule has 130 valence electrons. The molecule has 0 saturated carbocycles. The van der Waals surface area contributed by atoms with Crippen LogP contribution in [0.3, 0.4) is 0 Å². The van der Waals surface area contributed by atoms with Gasteiger partial charge < -0.3 is 5.32 Å². The predicted octanol–water partition coefficient (Wildman–Crippen LogP) is 5.25. The molecule has 3 aromatic rings. The van der Waals surface area contributed by atoms with Crippen LogP contribution in [0.25, 0.3) is 0 Å². The Labute approximate surface area is 159 Å². The molecule has 1 atom stereocenters. The zero-order valence-electron chi connectivity index (χ0n) is 14.5. The lowest BCUT2D eigenvalue weighted by Gasteiger charge is -2.36. The van der Waals surface area contributed by atoms with E-state index in [0.717, 1.165) is 29.5 Å². The third-order valence-electron chi connectivity index (χ3n) is 4.63. The average Bonchev–Trinajstić information content (AvgIpc) is 3.15. The first-order valence-corrected chi connectivity index (χ1v) is 9.26. The Morgan fingerprint density at radius 3 is 2.04 bits per heavy atom. The van der Waals surface area contributed by atoms with Gasteiger partial charge in [0.15, 0.2) is 5.11 Å². The van der Waals surface area contributed by atoms with Crippen LogP contribution in [-0.4, -0.2) is 16.7 Å². The number of para-hydroxylation sites is 2. The molecule has 1 fully saturated rings.